The van der Waals surface area contributed by atoms with Gasteiger partial charge in [-0.05, 0) is 123 Å². The van der Waals surface area contributed by atoms with Crippen LogP contribution in [0.1, 0.15) is 133 Å². The second kappa shape index (κ2) is 12.2. The summed E-state index contributed by atoms with van der Waals surface area (Å²) in [6.07, 6.45) is 1.43. The average Bonchev–Trinajstić information content (AvgIpc) is 3.25. The first-order chi connectivity index (χ1) is 22.8. The molecule has 5 aliphatic carbocycles. The van der Waals surface area contributed by atoms with Crippen LogP contribution in [0.3, 0.4) is 0 Å². The number of carbonyl (C=O) groups excluding carboxylic acids is 3. The van der Waals surface area contributed by atoms with Gasteiger partial charge in [0, 0.05) is 11.8 Å². The van der Waals surface area contributed by atoms with Crippen LogP contribution in [0.15, 0.2) is 11.1 Å². The molecule has 11 heteroatoms. The summed E-state index contributed by atoms with van der Waals surface area (Å²) in [7, 11) is 0. The first kappa shape index (κ1) is 38.6. The van der Waals surface area contributed by atoms with E-state index in [2.05, 4.69) is 45.3 Å². The molecule has 0 aromatic rings. The van der Waals surface area contributed by atoms with E-state index < -0.39 is 41.1 Å². The lowest BCUT2D eigenvalue weighted by molar-refractivity contribution is -0.232. The number of carboxylic acids is 1. The van der Waals surface area contributed by atoms with Gasteiger partial charge in [0.25, 0.3) is 0 Å². The largest absolute Gasteiger partial charge is 0.481 e. The molecule has 8 nitrogen and oxygen atoms in total. The zero-order valence-electron chi connectivity index (χ0n) is 31.7. The Kier molecular flexibility index (Phi) is 9.46. The van der Waals surface area contributed by atoms with E-state index in [1.807, 2.05) is 13.8 Å². The van der Waals surface area contributed by atoms with Crippen molar-refractivity contribution in [2.75, 3.05) is 0 Å². The Morgan fingerprint density at radius 2 is 1.54 bits per heavy atom. The zero-order chi connectivity index (χ0) is 37.6. The van der Waals surface area contributed by atoms with Gasteiger partial charge in [0.05, 0.1) is 17.4 Å². The molecular weight excluding hydrogens is 649 g/mol. The lowest BCUT2D eigenvalue weighted by atomic mass is 9.33. The van der Waals surface area contributed by atoms with Crippen molar-refractivity contribution in [3.63, 3.8) is 0 Å². The first-order valence-corrected chi connectivity index (χ1v) is 18.6. The van der Waals surface area contributed by atoms with Gasteiger partial charge in [-0.15, -0.1) is 0 Å². The highest BCUT2D eigenvalue weighted by molar-refractivity contribution is 6.02. The molecule has 0 aromatic carbocycles. The van der Waals surface area contributed by atoms with Crippen LogP contribution in [0, 0.1) is 50.7 Å². The van der Waals surface area contributed by atoms with Crippen LogP contribution in [-0.4, -0.2) is 52.7 Å². The third-order valence-electron chi connectivity index (χ3n) is 15.0. The number of alkyl halides is 3. The van der Waals surface area contributed by atoms with E-state index >= 15 is 0 Å². The Morgan fingerprint density at radius 3 is 2.12 bits per heavy atom. The maximum Gasteiger partial charge on any atom is 0.408 e. The van der Waals surface area contributed by atoms with Crippen molar-refractivity contribution < 1.29 is 42.2 Å². The summed E-state index contributed by atoms with van der Waals surface area (Å²) in [4.78, 5) is 51.6. The minimum Gasteiger partial charge on any atom is -0.481 e. The number of ketones is 1. The standard InChI is InChI=1S/C39H59F3N2O6/c1-21(2)29-24(45)19-38(44-32(49)43-22(3)39(40,41)42)18-17-36(9)23(30(29)38)11-12-26-35(8)15-14-27(50-28(46)20-33(4,5)31(47)48)34(6,7)25(35)13-16-37(26,36)10/h21-23,25-27H,11-20H2,1-10H3,(H,47,48)(H2,43,44,49)/t22-,23+,25-,26+,27-,35-,36+,37+,38+/m0/s1. The summed E-state index contributed by atoms with van der Waals surface area (Å²) >= 11 is 0. The van der Waals surface area contributed by atoms with Gasteiger partial charge in [0.1, 0.15) is 12.1 Å². The highest BCUT2D eigenvalue weighted by atomic mass is 19.4. The van der Waals surface area contributed by atoms with Crippen molar-refractivity contribution in [1.29, 1.82) is 0 Å². The average molecular weight is 709 g/mol. The predicted octanol–water partition coefficient (Wildman–Crippen LogP) is 8.38. The van der Waals surface area contributed by atoms with Gasteiger partial charge in [-0.3, -0.25) is 14.4 Å². The quantitative estimate of drug-likeness (QED) is 0.229. The lowest BCUT2D eigenvalue weighted by Crippen LogP contribution is -2.67. The number of nitrogens with one attached hydrogen (secondary N) is 2. The molecule has 2 amide bonds. The normalized spacial score (nSPS) is 38.7. The van der Waals surface area contributed by atoms with Crippen molar-refractivity contribution in [3.05, 3.63) is 11.1 Å². The van der Waals surface area contributed by atoms with Crippen molar-refractivity contribution >= 4 is 23.8 Å². The van der Waals surface area contributed by atoms with E-state index in [4.69, 9.17) is 4.74 Å². The third-order valence-corrected chi connectivity index (χ3v) is 15.0. The molecule has 0 unspecified atom stereocenters. The van der Waals surface area contributed by atoms with Gasteiger partial charge in [-0.1, -0.05) is 48.5 Å². The smallest absolute Gasteiger partial charge is 0.408 e. The Morgan fingerprint density at radius 1 is 0.900 bits per heavy atom. The SMILES string of the molecule is CC(C)C1=C2[C@H]3CC[C@@H]4[C@@]5(C)CC[C@H](OC(=O)CC(C)(C)C(=O)O)C(C)(C)[C@@H]5CC[C@@]4(C)[C@]3(C)CC[C@@]2(NC(=O)N[C@@H](C)C(F)(F)F)CC1=O. The molecule has 0 radical (unpaired) electrons. The number of carbonyl (C=O) groups is 4. The van der Waals surface area contributed by atoms with E-state index in [9.17, 15) is 37.5 Å². The second-order valence-corrected chi connectivity index (χ2v) is 18.8. The molecule has 0 heterocycles. The Hall–Kier alpha value is -2.59. The number of hydrogen-bond donors (Lipinski definition) is 3. The molecule has 0 aliphatic heterocycles. The fourth-order valence-electron chi connectivity index (χ4n) is 12.1. The molecule has 3 N–H and O–H groups in total. The van der Waals surface area contributed by atoms with Crippen LogP contribution < -0.4 is 10.6 Å². The lowest BCUT2D eigenvalue weighted by Gasteiger charge is -2.72. The maximum absolute atomic E-state index is 13.7. The molecule has 0 bridgehead atoms. The molecule has 0 spiro atoms. The molecule has 4 fully saturated rings. The van der Waals surface area contributed by atoms with Crippen molar-refractivity contribution in [1.82, 2.24) is 10.6 Å². The van der Waals surface area contributed by atoms with Crippen LogP contribution in [-0.2, 0) is 19.1 Å². The van der Waals surface area contributed by atoms with E-state index in [0.717, 1.165) is 56.6 Å². The van der Waals surface area contributed by atoms with Gasteiger partial charge in [-0.25, -0.2) is 4.79 Å². The number of allylic oxidation sites excluding steroid dienone is 1. The number of fused-ring (bicyclic) bond motifs is 7. The van der Waals surface area contributed by atoms with Gasteiger partial charge < -0.3 is 20.5 Å². The molecule has 282 valence electrons. The van der Waals surface area contributed by atoms with Gasteiger partial charge in [0.15, 0.2) is 5.78 Å². The van der Waals surface area contributed by atoms with Crippen molar-refractivity contribution in [2.45, 2.75) is 157 Å². The molecule has 5 aliphatic rings. The number of urea groups is 1. The maximum atomic E-state index is 13.7. The predicted molar refractivity (Wildman–Crippen MR) is 183 cm³/mol. The zero-order valence-corrected chi connectivity index (χ0v) is 31.7. The van der Waals surface area contributed by atoms with E-state index in [1.165, 1.54) is 13.8 Å². The molecule has 0 aromatic heterocycles. The van der Waals surface area contributed by atoms with Crippen LogP contribution >= 0.6 is 0 Å². The molecule has 5 rings (SSSR count). The van der Waals surface area contributed by atoms with E-state index in [0.29, 0.717) is 18.8 Å². The summed E-state index contributed by atoms with van der Waals surface area (Å²) in [6, 6.07) is -2.92. The number of Topliss-reactive ketones (excluding diaryl/α,β-unsaturated/α-hetero) is 1. The summed E-state index contributed by atoms with van der Waals surface area (Å²) in [5, 5.41) is 14.6. The van der Waals surface area contributed by atoms with Crippen molar-refractivity contribution in [3.8, 4) is 0 Å². The van der Waals surface area contributed by atoms with Crippen LogP contribution in [0.4, 0.5) is 18.0 Å². The number of amides is 2. The minimum atomic E-state index is -4.58. The van der Waals surface area contributed by atoms with Gasteiger partial charge in [-0.2, -0.15) is 13.2 Å². The molecular formula is C39H59F3N2O6. The summed E-state index contributed by atoms with van der Waals surface area (Å²) < 4.78 is 46.2. The number of ether oxygens (including phenoxy) is 1. The fourth-order valence-corrected chi connectivity index (χ4v) is 12.1. The molecule has 50 heavy (non-hydrogen) atoms. The number of rotatable bonds is 7. The minimum absolute atomic E-state index is 0.00438. The van der Waals surface area contributed by atoms with Crippen LogP contribution in [0.2, 0.25) is 0 Å². The molecule has 9 atom stereocenters. The Labute approximate surface area is 295 Å². The van der Waals surface area contributed by atoms with Crippen LogP contribution in [0.5, 0.6) is 0 Å². The monoisotopic (exact) mass is 708 g/mol. The fraction of sp³-hybridized carbons (Fsp3) is 0.846. The second-order valence-electron chi connectivity index (χ2n) is 18.8. The van der Waals surface area contributed by atoms with E-state index in [1.54, 1.807) is 0 Å². The Bertz CT molecular complexity index is 1470. The topological polar surface area (TPSA) is 122 Å². The third kappa shape index (κ3) is 5.88. The van der Waals surface area contributed by atoms with Crippen LogP contribution in [0.25, 0.3) is 0 Å². The first-order valence-electron chi connectivity index (χ1n) is 18.6. The van der Waals surface area contributed by atoms with E-state index in [-0.39, 0.29) is 64.1 Å². The number of halogens is 3. The molecule has 4 saturated carbocycles. The van der Waals surface area contributed by atoms with Crippen molar-refractivity contribution in [2.24, 2.45) is 50.7 Å². The number of hydrogen-bond acceptors (Lipinski definition) is 5. The van der Waals surface area contributed by atoms with Gasteiger partial charge >= 0.3 is 24.1 Å². The summed E-state index contributed by atoms with van der Waals surface area (Å²) in [5.41, 5.74) is -1.21. The Balaban J connectivity index is 1.44. The number of esters is 1. The summed E-state index contributed by atoms with van der Waals surface area (Å²) in [5.74, 6) is -0.984. The van der Waals surface area contributed by atoms with Gasteiger partial charge in [0.2, 0.25) is 0 Å². The number of carboxylic acid groups (broad SMARTS) is 1. The molecule has 0 saturated heterocycles. The highest BCUT2D eigenvalue weighted by Crippen LogP contribution is 2.76. The highest BCUT2D eigenvalue weighted by Gasteiger charge is 2.70. The summed E-state index contributed by atoms with van der Waals surface area (Å²) in [6.45, 7) is 19.6. The number of aliphatic carboxylic acids is 1.